The van der Waals surface area contributed by atoms with Crippen LogP contribution in [0, 0.1) is 6.92 Å². The first-order valence-corrected chi connectivity index (χ1v) is 13.3. The third-order valence-corrected chi connectivity index (χ3v) is 7.30. The van der Waals surface area contributed by atoms with Crippen LogP contribution >= 0.6 is 0 Å². The Bertz CT molecular complexity index is 1450. The maximum atomic E-state index is 13.4. The highest BCUT2D eigenvalue weighted by Crippen LogP contribution is 2.35. The average molecular weight is 512 g/mol. The number of aryl methyl sites for hydroxylation is 1. The SMILES string of the molecule is CCc1c(OCc2ccccc2)ccc2c(=O)c(C)c(C3CCN(C(=O)OCc4ccccc4)CC3)oc12. The van der Waals surface area contributed by atoms with E-state index in [1.165, 1.54) is 0 Å². The van der Waals surface area contributed by atoms with Crippen molar-refractivity contribution >= 4 is 17.1 Å². The van der Waals surface area contributed by atoms with Gasteiger partial charge < -0.3 is 18.8 Å². The van der Waals surface area contributed by atoms with Gasteiger partial charge in [-0.3, -0.25) is 4.79 Å². The summed E-state index contributed by atoms with van der Waals surface area (Å²) in [6, 6.07) is 23.4. The zero-order valence-electron chi connectivity index (χ0n) is 21.9. The Morgan fingerprint density at radius 3 is 2.18 bits per heavy atom. The summed E-state index contributed by atoms with van der Waals surface area (Å²) in [6.07, 6.45) is 1.79. The molecule has 196 valence electrons. The molecule has 0 aliphatic carbocycles. The molecule has 0 bridgehead atoms. The minimum atomic E-state index is -0.308. The number of hydrogen-bond acceptors (Lipinski definition) is 5. The normalized spacial score (nSPS) is 14.0. The van der Waals surface area contributed by atoms with Crippen molar-refractivity contribution in [2.75, 3.05) is 13.1 Å². The number of amides is 1. The molecule has 0 N–H and O–H groups in total. The molecule has 2 heterocycles. The van der Waals surface area contributed by atoms with E-state index in [4.69, 9.17) is 13.9 Å². The summed E-state index contributed by atoms with van der Waals surface area (Å²) in [5, 5.41) is 0.581. The van der Waals surface area contributed by atoms with Crippen LogP contribution in [0.15, 0.2) is 82.0 Å². The van der Waals surface area contributed by atoms with Crippen molar-refractivity contribution in [3.63, 3.8) is 0 Å². The summed E-state index contributed by atoms with van der Waals surface area (Å²) in [5.74, 6) is 1.51. The van der Waals surface area contributed by atoms with E-state index < -0.39 is 0 Å². The number of rotatable bonds is 7. The lowest BCUT2D eigenvalue weighted by molar-refractivity contribution is 0.0859. The molecule has 38 heavy (non-hydrogen) atoms. The number of piperidine rings is 1. The van der Waals surface area contributed by atoms with Crippen LogP contribution in [0.25, 0.3) is 11.0 Å². The number of benzene rings is 3. The van der Waals surface area contributed by atoms with Crippen LogP contribution in [-0.4, -0.2) is 24.1 Å². The lowest BCUT2D eigenvalue weighted by Crippen LogP contribution is -2.38. The highest BCUT2D eigenvalue weighted by Gasteiger charge is 2.29. The molecule has 0 radical (unpaired) electrons. The fourth-order valence-corrected chi connectivity index (χ4v) is 5.14. The Balaban J connectivity index is 1.32. The second-order valence-electron chi connectivity index (χ2n) is 9.77. The molecule has 0 saturated carbocycles. The van der Waals surface area contributed by atoms with Gasteiger partial charge in [0.2, 0.25) is 0 Å². The topological polar surface area (TPSA) is 69.0 Å². The number of carbonyl (C=O) groups excluding carboxylic acids is 1. The first-order chi connectivity index (χ1) is 18.5. The van der Waals surface area contributed by atoms with Gasteiger partial charge in [-0.1, -0.05) is 67.6 Å². The molecule has 3 aromatic carbocycles. The van der Waals surface area contributed by atoms with Gasteiger partial charge in [-0.05, 0) is 49.4 Å². The summed E-state index contributed by atoms with van der Waals surface area (Å²) < 4.78 is 18.2. The molecule has 0 spiro atoms. The fraction of sp³-hybridized carbons (Fsp3) is 0.312. The molecule has 1 aliphatic heterocycles. The van der Waals surface area contributed by atoms with Crippen LogP contribution in [0.1, 0.15) is 53.7 Å². The second-order valence-corrected chi connectivity index (χ2v) is 9.77. The Morgan fingerprint density at radius 2 is 1.55 bits per heavy atom. The largest absolute Gasteiger partial charge is 0.488 e. The van der Waals surface area contributed by atoms with Crippen LogP contribution in [-0.2, 0) is 24.4 Å². The molecule has 0 atom stereocenters. The second kappa shape index (κ2) is 11.5. The quantitative estimate of drug-likeness (QED) is 0.274. The van der Waals surface area contributed by atoms with Crippen molar-refractivity contribution in [2.24, 2.45) is 0 Å². The Hall–Kier alpha value is -4.06. The molecule has 1 saturated heterocycles. The molecular weight excluding hydrogens is 478 g/mol. The standard InChI is InChI=1S/C32H33NO5/c1-3-26-28(36-20-23-10-6-4-7-11-23)15-14-27-29(34)22(2)30(38-31(26)27)25-16-18-33(19-17-25)32(35)37-21-24-12-8-5-9-13-24/h4-15,25H,3,16-21H2,1-2H3. The molecule has 1 aromatic heterocycles. The summed E-state index contributed by atoms with van der Waals surface area (Å²) in [6.45, 7) is 5.70. The minimum Gasteiger partial charge on any atom is -0.488 e. The van der Waals surface area contributed by atoms with Crippen molar-refractivity contribution in [3.8, 4) is 5.75 Å². The Morgan fingerprint density at radius 1 is 0.921 bits per heavy atom. The van der Waals surface area contributed by atoms with Gasteiger partial charge in [0.1, 0.15) is 30.3 Å². The molecule has 6 nitrogen and oxygen atoms in total. The van der Waals surface area contributed by atoms with E-state index in [9.17, 15) is 9.59 Å². The summed E-state index contributed by atoms with van der Waals surface area (Å²) >= 11 is 0. The van der Waals surface area contributed by atoms with Crippen LogP contribution in [0.5, 0.6) is 5.75 Å². The van der Waals surface area contributed by atoms with Crippen molar-refractivity contribution in [1.82, 2.24) is 4.90 Å². The lowest BCUT2D eigenvalue weighted by atomic mass is 9.91. The van der Waals surface area contributed by atoms with Gasteiger partial charge >= 0.3 is 6.09 Å². The van der Waals surface area contributed by atoms with Gasteiger partial charge in [0.15, 0.2) is 5.43 Å². The third-order valence-electron chi connectivity index (χ3n) is 7.30. The van der Waals surface area contributed by atoms with E-state index in [-0.39, 0.29) is 24.0 Å². The van der Waals surface area contributed by atoms with E-state index in [0.717, 1.165) is 28.2 Å². The maximum Gasteiger partial charge on any atom is 0.410 e. The van der Waals surface area contributed by atoms with Gasteiger partial charge in [-0.15, -0.1) is 0 Å². The minimum absolute atomic E-state index is 0.00439. The Kier molecular flexibility index (Phi) is 7.78. The van der Waals surface area contributed by atoms with E-state index in [0.29, 0.717) is 55.5 Å². The molecule has 1 amide bonds. The molecule has 1 aliphatic rings. The number of nitrogens with zero attached hydrogens (tertiary/aromatic N) is 1. The molecular formula is C32H33NO5. The van der Waals surface area contributed by atoms with Crippen LogP contribution in [0.2, 0.25) is 0 Å². The van der Waals surface area contributed by atoms with Crippen LogP contribution in [0.4, 0.5) is 4.79 Å². The first kappa shape index (κ1) is 25.6. The van der Waals surface area contributed by atoms with E-state index in [1.807, 2.05) is 86.6 Å². The number of hydrogen-bond donors (Lipinski definition) is 0. The monoisotopic (exact) mass is 511 g/mol. The molecule has 6 heteroatoms. The van der Waals surface area contributed by atoms with Crippen LogP contribution < -0.4 is 10.2 Å². The first-order valence-electron chi connectivity index (χ1n) is 13.3. The molecule has 1 fully saturated rings. The van der Waals surface area contributed by atoms with Crippen molar-refractivity contribution in [3.05, 3.63) is 111 Å². The molecule has 0 unspecified atom stereocenters. The average Bonchev–Trinajstić information content (AvgIpc) is 2.97. The summed E-state index contributed by atoms with van der Waals surface area (Å²) in [4.78, 5) is 27.7. The summed E-state index contributed by atoms with van der Waals surface area (Å²) in [5.41, 5.74) is 4.18. The smallest absolute Gasteiger partial charge is 0.410 e. The highest BCUT2D eigenvalue weighted by molar-refractivity contribution is 5.83. The maximum absolute atomic E-state index is 13.4. The zero-order valence-corrected chi connectivity index (χ0v) is 21.9. The fourth-order valence-electron chi connectivity index (χ4n) is 5.14. The van der Waals surface area contributed by atoms with E-state index >= 15 is 0 Å². The number of ether oxygens (including phenoxy) is 2. The predicted octanol–water partition coefficient (Wildman–Crippen LogP) is 6.76. The van der Waals surface area contributed by atoms with Gasteiger partial charge in [0, 0.05) is 30.1 Å². The zero-order chi connectivity index (χ0) is 26.5. The van der Waals surface area contributed by atoms with Crippen LogP contribution in [0.3, 0.4) is 0 Å². The third kappa shape index (κ3) is 5.44. The number of fused-ring (bicyclic) bond motifs is 1. The van der Waals surface area contributed by atoms with Gasteiger partial charge in [0.25, 0.3) is 0 Å². The highest BCUT2D eigenvalue weighted by atomic mass is 16.6. The van der Waals surface area contributed by atoms with Gasteiger partial charge in [-0.25, -0.2) is 4.79 Å². The summed E-state index contributed by atoms with van der Waals surface area (Å²) in [7, 11) is 0. The van der Waals surface area contributed by atoms with Crippen molar-refractivity contribution in [2.45, 2.75) is 52.2 Å². The molecule has 4 aromatic rings. The lowest BCUT2D eigenvalue weighted by Gasteiger charge is -2.31. The van der Waals surface area contributed by atoms with Gasteiger partial charge in [0.05, 0.1) is 5.39 Å². The Labute approximate surface area is 222 Å². The van der Waals surface area contributed by atoms with E-state index in [1.54, 1.807) is 4.90 Å². The predicted molar refractivity (Wildman–Crippen MR) is 148 cm³/mol. The van der Waals surface area contributed by atoms with E-state index in [2.05, 4.69) is 0 Å². The number of carbonyl (C=O) groups is 1. The van der Waals surface area contributed by atoms with Gasteiger partial charge in [-0.2, -0.15) is 0 Å². The van der Waals surface area contributed by atoms with Crippen molar-refractivity contribution < 1.29 is 18.7 Å². The number of likely N-dealkylation sites (tertiary alicyclic amines) is 1. The van der Waals surface area contributed by atoms with Crippen molar-refractivity contribution in [1.29, 1.82) is 0 Å². The molecule has 5 rings (SSSR count).